The van der Waals surface area contributed by atoms with Gasteiger partial charge in [-0.15, -0.1) is 11.3 Å². The number of nitrogens with one attached hydrogen (secondary N) is 1. The van der Waals surface area contributed by atoms with Crippen LogP contribution in [0.3, 0.4) is 0 Å². The van der Waals surface area contributed by atoms with E-state index in [0.29, 0.717) is 30.8 Å². The molecule has 0 saturated carbocycles. The molecule has 3 rings (SSSR count). The van der Waals surface area contributed by atoms with Crippen LogP contribution in [-0.2, 0) is 16.0 Å². The van der Waals surface area contributed by atoms with Crippen LogP contribution in [0.5, 0.6) is 5.75 Å². The monoisotopic (exact) mass is 532 g/mol. The third-order valence-corrected chi connectivity index (χ3v) is 6.70. The highest BCUT2D eigenvalue weighted by molar-refractivity contribution is 7.09. The Hall–Kier alpha value is -3.71. The van der Waals surface area contributed by atoms with Gasteiger partial charge in [0.2, 0.25) is 0 Å². The normalized spacial score (nSPS) is 12.6. The number of ether oxygens (including phenoxy) is 2. The molecule has 0 fully saturated rings. The zero-order valence-electron chi connectivity index (χ0n) is 22.5. The fourth-order valence-electron chi connectivity index (χ4n) is 3.77. The summed E-state index contributed by atoms with van der Waals surface area (Å²) in [7, 11) is 0. The predicted molar refractivity (Wildman–Crippen MR) is 153 cm³/mol. The minimum atomic E-state index is -0.329. The summed E-state index contributed by atoms with van der Waals surface area (Å²) in [6.45, 7) is 8.62. The number of carbonyl (C=O) groups is 2. The van der Waals surface area contributed by atoms with E-state index in [1.54, 1.807) is 32.1 Å². The van der Waals surface area contributed by atoms with Gasteiger partial charge in [-0.05, 0) is 81.2 Å². The average Bonchev–Trinajstić information content (AvgIpc) is 3.38. The second-order valence-corrected chi connectivity index (χ2v) is 9.88. The van der Waals surface area contributed by atoms with Gasteiger partial charge in [-0.1, -0.05) is 43.7 Å². The molecule has 0 aliphatic rings. The molecule has 1 N–H and O–H groups in total. The van der Waals surface area contributed by atoms with Crippen molar-refractivity contribution in [1.82, 2.24) is 10.3 Å². The largest absolute Gasteiger partial charge is 0.494 e. The number of unbranched alkanes of at least 4 members (excludes halogenated alkanes) is 1. The van der Waals surface area contributed by atoms with Crippen molar-refractivity contribution in [2.45, 2.75) is 53.0 Å². The maximum Gasteiger partial charge on any atom is 0.333 e. The lowest BCUT2D eigenvalue weighted by molar-refractivity contribution is -0.138. The minimum absolute atomic E-state index is 0.147. The van der Waals surface area contributed by atoms with Crippen LogP contribution in [0.2, 0.25) is 0 Å². The number of aromatic nitrogens is 1. The number of hydrogen-bond donors (Lipinski definition) is 1. The summed E-state index contributed by atoms with van der Waals surface area (Å²) in [6, 6.07) is 16.9. The number of nitrogens with zero attached hydrogens (tertiary/aromatic N) is 1. The number of amides is 1. The number of rotatable bonds is 13. The standard InChI is InChI=1S/C31H36N2O4S/c1-5-7-17-37-27-15-13-24(14-16-27)20-28(33-29(34)25-11-9-8-10-12-25)30-32-26(21-38-30)19-22(3)18-23(4)31(35)36-6-2/h8-16,18-19,21,28H,5-7,17,20H2,1-4H3,(H,33,34)/b22-19+,23-18-/t28-/m0/s1. The molecule has 1 atom stereocenters. The molecule has 0 spiro atoms. The lowest BCUT2D eigenvalue weighted by atomic mass is 10.1. The van der Waals surface area contributed by atoms with Gasteiger partial charge in [0.05, 0.1) is 24.9 Å². The summed E-state index contributed by atoms with van der Waals surface area (Å²) in [4.78, 5) is 29.8. The molecule has 0 bridgehead atoms. The first-order chi connectivity index (χ1) is 18.4. The quantitative estimate of drug-likeness (QED) is 0.112. The van der Waals surface area contributed by atoms with Crippen molar-refractivity contribution in [3.8, 4) is 5.75 Å². The maximum absolute atomic E-state index is 13.0. The second kappa shape index (κ2) is 14.9. The van der Waals surface area contributed by atoms with E-state index in [4.69, 9.17) is 14.5 Å². The predicted octanol–water partition coefficient (Wildman–Crippen LogP) is 6.95. The third-order valence-electron chi connectivity index (χ3n) is 5.73. The molecule has 200 valence electrons. The summed E-state index contributed by atoms with van der Waals surface area (Å²) in [6.07, 6.45) is 6.41. The molecule has 0 aliphatic carbocycles. The number of benzene rings is 2. The van der Waals surface area contributed by atoms with Gasteiger partial charge < -0.3 is 14.8 Å². The highest BCUT2D eigenvalue weighted by Crippen LogP contribution is 2.25. The zero-order valence-corrected chi connectivity index (χ0v) is 23.3. The Morgan fingerprint density at radius 1 is 1.05 bits per heavy atom. The van der Waals surface area contributed by atoms with Crippen LogP contribution in [0, 0.1) is 0 Å². The Balaban J connectivity index is 1.80. The van der Waals surface area contributed by atoms with E-state index in [1.165, 1.54) is 11.3 Å². The minimum Gasteiger partial charge on any atom is -0.494 e. The number of carbonyl (C=O) groups excluding carboxylic acids is 2. The summed E-state index contributed by atoms with van der Waals surface area (Å²) in [5, 5.41) is 5.93. The van der Waals surface area contributed by atoms with Crippen molar-refractivity contribution in [3.05, 3.63) is 99.0 Å². The number of thiazole rings is 1. The van der Waals surface area contributed by atoms with Crippen molar-refractivity contribution >= 4 is 29.3 Å². The first-order valence-electron chi connectivity index (χ1n) is 13.0. The fourth-order valence-corrected chi connectivity index (χ4v) is 4.60. The molecule has 0 saturated heterocycles. The Morgan fingerprint density at radius 2 is 1.79 bits per heavy atom. The van der Waals surface area contributed by atoms with E-state index in [2.05, 4.69) is 12.2 Å². The van der Waals surface area contributed by atoms with Gasteiger partial charge in [0, 0.05) is 16.5 Å². The lowest BCUT2D eigenvalue weighted by Gasteiger charge is -2.17. The fraction of sp³-hybridized carbons (Fsp3) is 0.323. The first kappa shape index (κ1) is 28.9. The molecule has 1 heterocycles. The highest BCUT2D eigenvalue weighted by Gasteiger charge is 2.20. The molecule has 7 heteroatoms. The SMILES string of the molecule is CCCCOc1ccc(C[C@H](NC(=O)c2ccccc2)c2nc(/C=C(C)/C=C(/C)C(=O)OCC)cs2)cc1. The van der Waals surface area contributed by atoms with Crippen molar-refractivity contribution in [3.63, 3.8) is 0 Å². The molecule has 2 aromatic carbocycles. The van der Waals surface area contributed by atoms with E-state index in [-0.39, 0.29) is 17.9 Å². The first-order valence-corrected chi connectivity index (χ1v) is 13.8. The maximum atomic E-state index is 13.0. The lowest BCUT2D eigenvalue weighted by Crippen LogP contribution is -2.30. The van der Waals surface area contributed by atoms with E-state index < -0.39 is 0 Å². The third kappa shape index (κ3) is 8.99. The van der Waals surface area contributed by atoms with Crippen LogP contribution >= 0.6 is 11.3 Å². The number of allylic oxidation sites excluding steroid dienone is 2. The van der Waals surface area contributed by atoms with Gasteiger partial charge in [0.1, 0.15) is 10.8 Å². The molecular formula is C31H36N2O4S. The van der Waals surface area contributed by atoms with Gasteiger partial charge >= 0.3 is 5.97 Å². The second-order valence-electron chi connectivity index (χ2n) is 8.99. The van der Waals surface area contributed by atoms with Crippen LogP contribution in [-0.4, -0.2) is 30.1 Å². The molecular weight excluding hydrogens is 496 g/mol. The molecule has 6 nitrogen and oxygen atoms in total. The van der Waals surface area contributed by atoms with E-state index in [9.17, 15) is 9.59 Å². The van der Waals surface area contributed by atoms with E-state index in [0.717, 1.165) is 40.4 Å². The van der Waals surface area contributed by atoms with Crippen molar-refractivity contribution in [2.24, 2.45) is 0 Å². The summed E-state index contributed by atoms with van der Waals surface area (Å²) in [5.74, 6) is 0.367. The summed E-state index contributed by atoms with van der Waals surface area (Å²) < 4.78 is 10.8. The Kier molecular flexibility index (Phi) is 11.3. The van der Waals surface area contributed by atoms with Crippen molar-refractivity contribution < 1.29 is 19.1 Å². The van der Waals surface area contributed by atoms with Crippen LogP contribution in [0.1, 0.15) is 73.2 Å². The summed E-state index contributed by atoms with van der Waals surface area (Å²) >= 11 is 1.50. The molecule has 1 amide bonds. The Labute approximate surface area is 229 Å². The van der Waals surface area contributed by atoms with Crippen molar-refractivity contribution in [2.75, 3.05) is 13.2 Å². The average molecular weight is 533 g/mol. The Bertz CT molecular complexity index is 1250. The molecule has 0 unspecified atom stereocenters. The molecule has 3 aromatic rings. The molecule has 0 aliphatic heterocycles. The van der Waals surface area contributed by atoms with E-state index >= 15 is 0 Å². The van der Waals surface area contributed by atoms with Crippen LogP contribution < -0.4 is 10.1 Å². The zero-order chi connectivity index (χ0) is 27.3. The van der Waals surface area contributed by atoms with Gasteiger partial charge in [-0.25, -0.2) is 9.78 Å². The summed E-state index contributed by atoms with van der Waals surface area (Å²) in [5.41, 5.74) is 3.86. The Morgan fingerprint density at radius 3 is 2.47 bits per heavy atom. The van der Waals surface area contributed by atoms with E-state index in [1.807, 2.05) is 60.8 Å². The molecule has 38 heavy (non-hydrogen) atoms. The topological polar surface area (TPSA) is 77.5 Å². The highest BCUT2D eigenvalue weighted by atomic mass is 32.1. The smallest absolute Gasteiger partial charge is 0.333 e. The molecule has 1 aromatic heterocycles. The van der Waals surface area contributed by atoms with Crippen LogP contribution in [0.4, 0.5) is 0 Å². The van der Waals surface area contributed by atoms with Crippen LogP contribution in [0.25, 0.3) is 6.08 Å². The van der Waals surface area contributed by atoms with Gasteiger partial charge in [0.25, 0.3) is 5.91 Å². The van der Waals surface area contributed by atoms with Gasteiger partial charge in [-0.2, -0.15) is 0 Å². The number of esters is 1. The van der Waals surface area contributed by atoms with Gasteiger partial charge in [-0.3, -0.25) is 4.79 Å². The molecule has 0 radical (unpaired) electrons. The van der Waals surface area contributed by atoms with Crippen LogP contribution in [0.15, 0.2) is 77.2 Å². The number of hydrogen-bond acceptors (Lipinski definition) is 6. The van der Waals surface area contributed by atoms with Crippen molar-refractivity contribution in [1.29, 1.82) is 0 Å². The van der Waals surface area contributed by atoms with Gasteiger partial charge in [0.15, 0.2) is 0 Å².